The number of anilines is 1. The molecule has 2 aliphatic carbocycles. The number of carbonyl (C=O) groups is 3. The van der Waals surface area contributed by atoms with Crippen molar-refractivity contribution < 1.29 is 37.4 Å². The molecule has 2 aromatic rings. The minimum atomic E-state index is -4.82. The number of alkyl halides is 3. The smallest absolute Gasteiger partial charge is 0.481 e. The van der Waals surface area contributed by atoms with Gasteiger partial charge in [-0.3, -0.25) is 14.4 Å². The second-order valence-electron chi connectivity index (χ2n) is 10.6. The Bertz CT molecular complexity index is 1240. The van der Waals surface area contributed by atoms with Crippen molar-refractivity contribution in [3.05, 3.63) is 59.7 Å². The lowest BCUT2D eigenvalue weighted by molar-refractivity contribution is -0.274. The van der Waals surface area contributed by atoms with Gasteiger partial charge in [-0.15, -0.1) is 13.2 Å². The number of carboxylic acid groups (broad SMARTS) is 1. The summed E-state index contributed by atoms with van der Waals surface area (Å²) < 4.78 is 41.7. The molecule has 2 fully saturated rings. The molecule has 0 spiro atoms. The molecule has 2 aromatic carbocycles. The molecular weight excluding hydrogens is 501 g/mol. The van der Waals surface area contributed by atoms with E-state index in [1.54, 1.807) is 4.90 Å². The van der Waals surface area contributed by atoms with Crippen LogP contribution in [0.3, 0.4) is 0 Å². The zero-order chi connectivity index (χ0) is 27.2. The summed E-state index contributed by atoms with van der Waals surface area (Å²) in [7, 11) is 0. The monoisotopic (exact) mass is 530 g/mol. The van der Waals surface area contributed by atoms with Gasteiger partial charge in [-0.1, -0.05) is 24.6 Å². The Kier molecular flexibility index (Phi) is 6.61. The lowest BCUT2D eigenvalue weighted by atomic mass is 9.80. The van der Waals surface area contributed by atoms with Crippen LogP contribution in [0.25, 0.3) is 0 Å². The van der Waals surface area contributed by atoms with Crippen molar-refractivity contribution in [1.29, 1.82) is 0 Å². The molecule has 2 amide bonds. The van der Waals surface area contributed by atoms with Gasteiger partial charge in [0, 0.05) is 35.2 Å². The number of carboxylic acids is 1. The van der Waals surface area contributed by atoms with Crippen LogP contribution in [0.1, 0.15) is 73.8 Å². The fraction of sp³-hybridized carbons (Fsp3) is 0.464. The van der Waals surface area contributed by atoms with Gasteiger partial charge in [0.15, 0.2) is 0 Å². The topological polar surface area (TPSA) is 87.2 Å². The van der Waals surface area contributed by atoms with Crippen LogP contribution in [0, 0.1) is 5.92 Å². The highest BCUT2D eigenvalue weighted by molar-refractivity contribution is 6.07. The first kappa shape index (κ1) is 26.1. The van der Waals surface area contributed by atoms with Gasteiger partial charge in [-0.25, -0.2) is 0 Å². The number of nitrogens with zero attached hydrogens (tertiary/aromatic N) is 2. The molecule has 3 aliphatic rings. The number of carbonyl (C=O) groups excluding carboxylic acids is 2. The zero-order valence-corrected chi connectivity index (χ0v) is 20.9. The van der Waals surface area contributed by atoms with Crippen molar-refractivity contribution >= 4 is 23.5 Å². The Morgan fingerprint density at radius 3 is 2.37 bits per heavy atom. The van der Waals surface area contributed by atoms with E-state index in [0.717, 1.165) is 49.8 Å². The first-order valence-electron chi connectivity index (χ1n) is 12.8. The molecule has 7 nitrogen and oxygen atoms in total. The fourth-order valence-corrected chi connectivity index (χ4v) is 6.10. The Balaban J connectivity index is 1.52. The highest BCUT2D eigenvalue weighted by atomic mass is 19.4. The third-order valence-corrected chi connectivity index (χ3v) is 7.99. The summed E-state index contributed by atoms with van der Waals surface area (Å²) in [5, 5.41) is 9.18. The van der Waals surface area contributed by atoms with E-state index in [1.165, 1.54) is 12.1 Å². The number of rotatable bonds is 7. The standard InChI is InChI=1S/C28H29F3N2O5/c1-27(15-16-27)33(23(34)13-14-24(35)36)25-19-5-2-3-7-21(19)32(22-8-4-6-20(22)25)26(37)17-9-11-18(12-10-17)38-28(29,30)31/h2-3,5,7,9-12,20,22,25H,4,6,8,13-16H2,1H3,(H,35,36). The first-order chi connectivity index (χ1) is 18.0. The molecule has 0 bridgehead atoms. The maximum absolute atomic E-state index is 13.8. The van der Waals surface area contributed by atoms with Crippen molar-refractivity contribution in [2.75, 3.05) is 4.90 Å². The van der Waals surface area contributed by atoms with E-state index in [1.807, 2.05) is 36.1 Å². The summed E-state index contributed by atoms with van der Waals surface area (Å²) in [5.74, 6) is -2.00. The van der Waals surface area contributed by atoms with Gasteiger partial charge in [0.1, 0.15) is 5.75 Å². The van der Waals surface area contributed by atoms with Crippen molar-refractivity contribution in [2.24, 2.45) is 5.92 Å². The molecule has 5 rings (SSSR count). The molecule has 1 N–H and O–H groups in total. The molecule has 0 radical (unpaired) electrons. The normalized spacial score (nSPS) is 23.3. The summed E-state index contributed by atoms with van der Waals surface area (Å²) >= 11 is 0. The van der Waals surface area contributed by atoms with E-state index in [9.17, 15) is 32.7 Å². The number of hydrogen-bond donors (Lipinski definition) is 1. The molecule has 3 atom stereocenters. The maximum Gasteiger partial charge on any atom is 0.573 e. The molecule has 10 heteroatoms. The Labute approximate surface area is 218 Å². The average molecular weight is 531 g/mol. The van der Waals surface area contributed by atoms with Crippen molar-refractivity contribution in [2.45, 2.75) is 75.9 Å². The van der Waals surface area contributed by atoms with E-state index in [2.05, 4.69) is 4.74 Å². The van der Waals surface area contributed by atoms with Gasteiger partial charge in [-0.2, -0.15) is 0 Å². The third kappa shape index (κ3) is 4.96. The number of hydrogen-bond acceptors (Lipinski definition) is 4. The van der Waals surface area contributed by atoms with E-state index in [4.69, 9.17) is 0 Å². The predicted octanol–water partition coefficient (Wildman–Crippen LogP) is 5.70. The van der Waals surface area contributed by atoms with Crippen LogP contribution >= 0.6 is 0 Å². The van der Waals surface area contributed by atoms with Crippen LogP contribution in [0.5, 0.6) is 5.75 Å². The van der Waals surface area contributed by atoms with E-state index in [0.29, 0.717) is 5.69 Å². The lowest BCUT2D eigenvalue weighted by Crippen LogP contribution is -2.54. The van der Waals surface area contributed by atoms with Crippen LogP contribution in [0.4, 0.5) is 18.9 Å². The Hall–Kier alpha value is -3.56. The number of benzene rings is 2. The lowest BCUT2D eigenvalue weighted by Gasteiger charge is -2.49. The summed E-state index contributed by atoms with van der Waals surface area (Å²) in [5.41, 5.74) is 1.38. The van der Waals surface area contributed by atoms with Gasteiger partial charge < -0.3 is 19.6 Å². The number of amides is 2. The third-order valence-electron chi connectivity index (χ3n) is 7.99. The fourth-order valence-electron chi connectivity index (χ4n) is 6.10. The molecule has 1 heterocycles. The maximum atomic E-state index is 13.8. The molecule has 0 aromatic heterocycles. The van der Waals surface area contributed by atoms with Gasteiger partial charge in [0.25, 0.3) is 5.91 Å². The predicted molar refractivity (Wildman–Crippen MR) is 132 cm³/mol. The van der Waals surface area contributed by atoms with Crippen LogP contribution in [-0.4, -0.2) is 45.7 Å². The van der Waals surface area contributed by atoms with Crippen molar-refractivity contribution in [3.63, 3.8) is 0 Å². The van der Waals surface area contributed by atoms with Crippen LogP contribution < -0.4 is 9.64 Å². The number of halogens is 3. The SMILES string of the molecule is CC1(N(C(=O)CCC(=O)O)C2c3ccccc3N(C(=O)c3ccc(OC(F)(F)F)cc3)C3CCCC32)CC1. The Morgan fingerprint density at radius 1 is 1.05 bits per heavy atom. The minimum Gasteiger partial charge on any atom is -0.481 e. The Morgan fingerprint density at radius 2 is 1.74 bits per heavy atom. The van der Waals surface area contributed by atoms with Gasteiger partial charge in [0.05, 0.1) is 12.5 Å². The van der Waals surface area contributed by atoms with Gasteiger partial charge in [-0.05, 0) is 68.5 Å². The summed E-state index contributed by atoms with van der Waals surface area (Å²) in [6, 6.07) is 11.9. The van der Waals surface area contributed by atoms with Gasteiger partial charge >= 0.3 is 12.3 Å². The van der Waals surface area contributed by atoms with Crippen molar-refractivity contribution in [3.8, 4) is 5.75 Å². The van der Waals surface area contributed by atoms with Crippen LogP contribution in [0.2, 0.25) is 0 Å². The highest BCUT2D eigenvalue weighted by Gasteiger charge is 2.55. The highest BCUT2D eigenvalue weighted by Crippen LogP contribution is 2.56. The average Bonchev–Trinajstić information content (AvgIpc) is 3.41. The summed E-state index contributed by atoms with van der Waals surface area (Å²) in [4.78, 5) is 42.1. The molecule has 202 valence electrons. The van der Waals surface area contributed by atoms with Crippen LogP contribution in [-0.2, 0) is 9.59 Å². The summed E-state index contributed by atoms with van der Waals surface area (Å²) in [6.45, 7) is 2.03. The van der Waals surface area contributed by atoms with E-state index < -0.39 is 18.1 Å². The quantitative estimate of drug-likeness (QED) is 0.496. The summed E-state index contributed by atoms with van der Waals surface area (Å²) in [6.07, 6.45) is -1.11. The van der Waals surface area contributed by atoms with E-state index in [-0.39, 0.29) is 53.8 Å². The number of fused-ring (bicyclic) bond motifs is 2. The van der Waals surface area contributed by atoms with Gasteiger partial charge in [0.2, 0.25) is 5.91 Å². The van der Waals surface area contributed by atoms with Crippen molar-refractivity contribution in [1.82, 2.24) is 4.90 Å². The molecule has 2 saturated carbocycles. The number of para-hydroxylation sites is 1. The van der Waals surface area contributed by atoms with E-state index >= 15 is 0 Å². The second-order valence-corrected chi connectivity index (χ2v) is 10.6. The molecule has 1 aliphatic heterocycles. The molecule has 0 saturated heterocycles. The molecule has 38 heavy (non-hydrogen) atoms. The number of aliphatic carboxylic acids is 1. The number of ether oxygens (including phenoxy) is 1. The molecule has 3 unspecified atom stereocenters. The minimum absolute atomic E-state index is 0.0483. The van der Waals surface area contributed by atoms with Crippen LogP contribution in [0.15, 0.2) is 48.5 Å². The zero-order valence-electron chi connectivity index (χ0n) is 20.9. The molecular formula is C28H29F3N2O5. The second kappa shape index (κ2) is 9.63. The first-order valence-corrected chi connectivity index (χ1v) is 12.8. The largest absolute Gasteiger partial charge is 0.573 e.